The molecule has 2 rings (SSSR count). The van der Waals surface area contributed by atoms with Crippen molar-refractivity contribution >= 4 is 0 Å². The minimum atomic E-state index is 0.632. The van der Waals surface area contributed by atoms with Crippen molar-refractivity contribution in [2.75, 3.05) is 20.1 Å². The molecule has 12 heavy (non-hydrogen) atoms. The lowest BCUT2D eigenvalue weighted by Gasteiger charge is -2.27. The van der Waals surface area contributed by atoms with Gasteiger partial charge in [0.15, 0.2) is 0 Å². The number of nitrogens with zero attached hydrogens (tertiary/aromatic N) is 2. The highest BCUT2D eigenvalue weighted by molar-refractivity contribution is 5.04. The van der Waals surface area contributed by atoms with Crippen molar-refractivity contribution in [2.45, 2.75) is 18.8 Å². The summed E-state index contributed by atoms with van der Waals surface area (Å²) in [7, 11) is 2.17. The highest BCUT2D eigenvalue weighted by Crippen LogP contribution is 2.24. The van der Waals surface area contributed by atoms with Crippen LogP contribution < -0.4 is 0 Å². The molecule has 3 heteroatoms. The molecule has 65 valence electrons. The zero-order chi connectivity index (χ0) is 8.39. The van der Waals surface area contributed by atoms with E-state index in [-0.39, 0.29) is 0 Å². The molecule has 0 aliphatic carbocycles. The van der Waals surface area contributed by atoms with Gasteiger partial charge in [0.05, 0.1) is 5.69 Å². The number of likely N-dealkylation sites (tertiary alicyclic amines) is 1. The van der Waals surface area contributed by atoms with Crippen LogP contribution in [0.2, 0.25) is 0 Å². The number of aromatic nitrogens is 2. The van der Waals surface area contributed by atoms with Crippen molar-refractivity contribution < 1.29 is 0 Å². The monoisotopic (exact) mass is 164 g/mol. The molecule has 1 aromatic rings. The minimum absolute atomic E-state index is 0.632. The Morgan fingerprint density at radius 2 is 2.33 bits per heavy atom. The molecule has 3 nitrogen and oxygen atoms in total. The number of aromatic amines is 1. The van der Waals surface area contributed by atoms with Gasteiger partial charge in [-0.05, 0) is 33.0 Å². The molecule has 1 N–H and O–H groups in total. The van der Waals surface area contributed by atoms with Gasteiger partial charge in [0.1, 0.15) is 0 Å². The van der Waals surface area contributed by atoms with Crippen LogP contribution in [0.4, 0.5) is 0 Å². The van der Waals surface area contributed by atoms with E-state index in [0.717, 1.165) is 5.69 Å². The predicted octanol–water partition coefficient (Wildman–Crippen LogP) is 1.02. The summed E-state index contributed by atoms with van der Waals surface area (Å²) in [5.74, 6) is 0.632. The third kappa shape index (κ3) is 1.50. The molecule has 2 heterocycles. The van der Waals surface area contributed by atoms with E-state index in [1.54, 1.807) is 6.20 Å². The quantitative estimate of drug-likeness (QED) is 0.672. The molecule has 0 atom stereocenters. The van der Waals surface area contributed by atoms with Gasteiger partial charge in [-0.2, -0.15) is 5.10 Å². The summed E-state index contributed by atoms with van der Waals surface area (Å²) < 4.78 is 0. The minimum Gasteiger partial charge on any atom is -0.306 e. The fraction of sp³-hybridized carbons (Fsp3) is 0.667. The number of piperidine rings is 1. The Balaban J connectivity index is 1.99. The van der Waals surface area contributed by atoms with Gasteiger partial charge in [0.2, 0.25) is 0 Å². The zero-order valence-corrected chi connectivity index (χ0v) is 7.38. The molecule has 1 fully saturated rings. The second-order valence-electron chi connectivity index (χ2n) is 3.49. The van der Waals surface area contributed by atoms with Crippen molar-refractivity contribution in [2.24, 2.45) is 0 Å². The standard InChI is InChI=1S/C9H14N3/c1-12-6-3-8(4-7-12)9-2-5-10-11-9/h5,8H,3-4,6-7H2,1H3,(H,10,11). The van der Waals surface area contributed by atoms with Crippen LogP contribution in [-0.4, -0.2) is 35.2 Å². The van der Waals surface area contributed by atoms with Crippen molar-refractivity contribution in [1.29, 1.82) is 0 Å². The zero-order valence-electron chi connectivity index (χ0n) is 7.38. The maximum absolute atomic E-state index is 4.17. The van der Waals surface area contributed by atoms with Gasteiger partial charge in [-0.15, -0.1) is 0 Å². The molecule has 0 unspecified atom stereocenters. The van der Waals surface area contributed by atoms with Crippen LogP contribution in [0, 0.1) is 6.07 Å². The normalized spacial score (nSPS) is 21.4. The fourth-order valence-corrected chi connectivity index (χ4v) is 1.73. The molecule has 1 aliphatic rings. The molecule has 1 radical (unpaired) electrons. The van der Waals surface area contributed by atoms with Crippen LogP contribution in [0.15, 0.2) is 6.20 Å². The summed E-state index contributed by atoms with van der Waals surface area (Å²) in [6, 6.07) is 3.14. The smallest absolute Gasteiger partial charge is 0.0733 e. The van der Waals surface area contributed by atoms with Gasteiger partial charge < -0.3 is 4.90 Å². The van der Waals surface area contributed by atoms with Gasteiger partial charge in [-0.1, -0.05) is 0 Å². The van der Waals surface area contributed by atoms with E-state index in [2.05, 4.69) is 28.2 Å². The Morgan fingerprint density at radius 3 is 2.92 bits per heavy atom. The lowest BCUT2D eigenvalue weighted by atomic mass is 9.94. The molecular weight excluding hydrogens is 150 g/mol. The molecule has 0 spiro atoms. The topological polar surface area (TPSA) is 31.9 Å². The van der Waals surface area contributed by atoms with Crippen LogP contribution in [0.1, 0.15) is 24.5 Å². The van der Waals surface area contributed by atoms with Gasteiger partial charge >= 0.3 is 0 Å². The maximum Gasteiger partial charge on any atom is 0.0733 e. The summed E-state index contributed by atoms with van der Waals surface area (Å²) >= 11 is 0. The lowest BCUT2D eigenvalue weighted by Crippen LogP contribution is -2.29. The van der Waals surface area contributed by atoms with E-state index in [1.807, 2.05) is 0 Å². The summed E-state index contributed by atoms with van der Waals surface area (Å²) in [4.78, 5) is 2.36. The molecule has 0 amide bonds. The molecular formula is C9H14N3. The molecule has 0 aromatic carbocycles. The second kappa shape index (κ2) is 3.27. The van der Waals surface area contributed by atoms with E-state index >= 15 is 0 Å². The van der Waals surface area contributed by atoms with Crippen molar-refractivity contribution in [3.8, 4) is 0 Å². The number of hydrogen-bond donors (Lipinski definition) is 1. The van der Waals surface area contributed by atoms with Crippen LogP contribution in [0.5, 0.6) is 0 Å². The first kappa shape index (κ1) is 7.80. The van der Waals surface area contributed by atoms with Crippen molar-refractivity contribution in [1.82, 2.24) is 15.1 Å². The molecule has 0 bridgehead atoms. The third-order valence-corrected chi connectivity index (χ3v) is 2.57. The summed E-state index contributed by atoms with van der Waals surface area (Å²) in [6.45, 7) is 2.37. The second-order valence-corrected chi connectivity index (χ2v) is 3.49. The number of rotatable bonds is 1. The Hall–Kier alpha value is -0.830. The SMILES string of the molecule is CN1CCC(c2[c]c[nH]n2)CC1. The first-order valence-corrected chi connectivity index (χ1v) is 4.46. The van der Waals surface area contributed by atoms with E-state index in [0.29, 0.717) is 5.92 Å². The maximum atomic E-state index is 4.17. The molecule has 1 aromatic heterocycles. The van der Waals surface area contributed by atoms with Gasteiger partial charge in [-0.3, -0.25) is 5.10 Å². The Morgan fingerprint density at radius 1 is 1.58 bits per heavy atom. The lowest BCUT2D eigenvalue weighted by molar-refractivity contribution is 0.253. The van der Waals surface area contributed by atoms with E-state index in [1.165, 1.54) is 25.9 Å². The largest absolute Gasteiger partial charge is 0.306 e. The number of nitrogens with one attached hydrogen (secondary N) is 1. The first-order chi connectivity index (χ1) is 5.86. The Kier molecular flexibility index (Phi) is 2.13. The Labute approximate surface area is 72.8 Å². The number of hydrogen-bond acceptors (Lipinski definition) is 2. The van der Waals surface area contributed by atoms with Gasteiger partial charge in [0, 0.05) is 18.2 Å². The highest BCUT2D eigenvalue weighted by atomic mass is 15.1. The fourth-order valence-electron chi connectivity index (χ4n) is 1.73. The van der Waals surface area contributed by atoms with Crippen LogP contribution in [0.25, 0.3) is 0 Å². The third-order valence-electron chi connectivity index (χ3n) is 2.57. The average Bonchev–Trinajstić information content (AvgIpc) is 2.58. The van der Waals surface area contributed by atoms with Gasteiger partial charge in [0.25, 0.3) is 0 Å². The van der Waals surface area contributed by atoms with Crippen LogP contribution in [0.3, 0.4) is 0 Å². The van der Waals surface area contributed by atoms with Crippen LogP contribution in [-0.2, 0) is 0 Å². The predicted molar refractivity (Wildman–Crippen MR) is 46.9 cm³/mol. The van der Waals surface area contributed by atoms with E-state index in [4.69, 9.17) is 0 Å². The summed E-state index contributed by atoms with van der Waals surface area (Å²) in [5.41, 5.74) is 1.11. The van der Waals surface area contributed by atoms with E-state index in [9.17, 15) is 0 Å². The average molecular weight is 164 g/mol. The summed E-state index contributed by atoms with van der Waals surface area (Å²) in [6.07, 6.45) is 4.23. The number of H-pyrrole nitrogens is 1. The van der Waals surface area contributed by atoms with E-state index < -0.39 is 0 Å². The molecule has 1 saturated heterocycles. The first-order valence-electron chi connectivity index (χ1n) is 4.46. The highest BCUT2D eigenvalue weighted by Gasteiger charge is 2.19. The molecule has 0 saturated carbocycles. The van der Waals surface area contributed by atoms with Crippen LogP contribution >= 0.6 is 0 Å². The van der Waals surface area contributed by atoms with Crippen molar-refractivity contribution in [3.63, 3.8) is 0 Å². The van der Waals surface area contributed by atoms with Crippen molar-refractivity contribution in [3.05, 3.63) is 18.0 Å². The Bertz CT molecular complexity index is 222. The molecule has 1 aliphatic heterocycles. The summed E-state index contributed by atoms with van der Waals surface area (Å²) in [5, 5.41) is 6.98. The van der Waals surface area contributed by atoms with Gasteiger partial charge in [-0.25, -0.2) is 0 Å².